The van der Waals surface area contributed by atoms with Crippen LogP contribution in [-0.2, 0) is 0 Å². The molecule has 4 nitrogen and oxygen atoms in total. The number of rotatable bonds is 3. The van der Waals surface area contributed by atoms with E-state index in [1.54, 1.807) is 6.20 Å². The maximum Gasteiger partial charge on any atom is 0.230 e. The molecule has 0 atom stereocenters. The molecular formula is C16H13N3OS. The van der Waals surface area contributed by atoms with E-state index in [1.165, 1.54) is 0 Å². The number of hydrogen-bond acceptors (Lipinski definition) is 4. The molecule has 21 heavy (non-hydrogen) atoms. The van der Waals surface area contributed by atoms with E-state index in [9.17, 15) is 0 Å². The SMILES string of the molecule is Cc1ncccc1Oc1nc2ccccc2cc1C(N)=S. The van der Waals surface area contributed by atoms with Crippen LogP contribution in [0.25, 0.3) is 10.9 Å². The average Bonchev–Trinajstić information content (AvgIpc) is 2.48. The highest BCUT2D eigenvalue weighted by molar-refractivity contribution is 7.80. The molecule has 0 amide bonds. The van der Waals surface area contributed by atoms with Crippen LogP contribution in [0.4, 0.5) is 0 Å². The Morgan fingerprint density at radius 1 is 1.19 bits per heavy atom. The summed E-state index contributed by atoms with van der Waals surface area (Å²) in [5.74, 6) is 1.04. The molecule has 0 fully saturated rings. The molecule has 0 aliphatic carbocycles. The van der Waals surface area contributed by atoms with E-state index < -0.39 is 0 Å². The van der Waals surface area contributed by atoms with E-state index in [2.05, 4.69) is 9.97 Å². The molecule has 0 saturated heterocycles. The molecule has 0 unspecified atom stereocenters. The summed E-state index contributed by atoms with van der Waals surface area (Å²) in [5, 5.41) is 0.968. The summed E-state index contributed by atoms with van der Waals surface area (Å²) in [5.41, 5.74) is 8.02. The molecule has 2 N–H and O–H groups in total. The molecule has 0 spiro atoms. The number of nitrogens with zero attached hydrogens (tertiary/aromatic N) is 2. The minimum absolute atomic E-state index is 0.254. The van der Waals surface area contributed by atoms with Crippen molar-refractivity contribution in [3.05, 3.63) is 59.9 Å². The molecule has 0 saturated carbocycles. The van der Waals surface area contributed by atoms with Crippen LogP contribution in [-0.4, -0.2) is 15.0 Å². The van der Waals surface area contributed by atoms with Gasteiger partial charge in [0.25, 0.3) is 0 Å². The molecule has 3 rings (SSSR count). The van der Waals surface area contributed by atoms with Crippen LogP contribution in [0.3, 0.4) is 0 Å². The quantitative estimate of drug-likeness (QED) is 0.751. The van der Waals surface area contributed by atoms with Crippen molar-refractivity contribution in [2.24, 2.45) is 5.73 Å². The molecular weight excluding hydrogens is 282 g/mol. The van der Waals surface area contributed by atoms with E-state index in [-0.39, 0.29) is 4.99 Å². The molecule has 0 aliphatic heterocycles. The second kappa shape index (κ2) is 5.46. The first-order valence-corrected chi connectivity index (χ1v) is 6.85. The van der Waals surface area contributed by atoms with Crippen molar-refractivity contribution in [2.45, 2.75) is 6.92 Å². The van der Waals surface area contributed by atoms with Crippen LogP contribution in [0, 0.1) is 6.92 Å². The lowest BCUT2D eigenvalue weighted by atomic mass is 10.1. The Balaban J connectivity index is 2.14. The van der Waals surface area contributed by atoms with Crippen molar-refractivity contribution >= 4 is 28.1 Å². The summed E-state index contributed by atoms with van der Waals surface area (Å²) in [6.45, 7) is 1.87. The van der Waals surface area contributed by atoms with Gasteiger partial charge in [-0.15, -0.1) is 0 Å². The van der Waals surface area contributed by atoms with Gasteiger partial charge in [0.15, 0.2) is 5.75 Å². The Kier molecular flexibility index (Phi) is 3.50. The monoisotopic (exact) mass is 295 g/mol. The standard InChI is InChI=1S/C16H13N3OS/c1-10-14(7-4-8-18-10)20-16-12(15(17)21)9-11-5-2-3-6-13(11)19-16/h2-9H,1H3,(H2,17,21). The van der Waals surface area contributed by atoms with Gasteiger partial charge in [-0.1, -0.05) is 30.4 Å². The number of aryl methyl sites for hydroxylation is 1. The summed E-state index contributed by atoms with van der Waals surface area (Å²) < 4.78 is 5.87. The molecule has 0 aliphatic rings. The molecule has 1 aromatic carbocycles. The first-order chi connectivity index (χ1) is 10.1. The number of nitrogens with two attached hydrogens (primary N) is 1. The van der Waals surface area contributed by atoms with Gasteiger partial charge in [0.1, 0.15) is 4.99 Å². The summed E-state index contributed by atoms with van der Waals surface area (Å²) in [4.78, 5) is 8.97. The van der Waals surface area contributed by atoms with Crippen molar-refractivity contribution < 1.29 is 4.74 Å². The zero-order valence-corrected chi connectivity index (χ0v) is 12.2. The van der Waals surface area contributed by atoms with Gasteiger partial charge in [-0.3, -0.25) is 4.98 Å². The van der Waals surface area contributed by atoms with Gasteiger partial charge in [0.05, 0.1) is 16.8 Å². The van der Waals surface area contributed by atoms with E-state index in [4.69, 9.17) is 22.7 Å². The Morgan fingerprint density at radius 2 is 2.00 bits per heavy atom. The van der Waals surface area contributed by atoms with Gasteiger partial charge in [0, 0.05) is 11.6 Å². The second-order valence-corrected chi connectivity index (χ2v) is 5.03. The minimum atomic E-state index is 0.254. The smallest absolute Gasteiger partial charge is 0.230 e. The average molecular weight is 295 g/mol. The number of ether oxygens (including phenoxy) is 1. The van der Waals surface area contributed by atoms with Crippen molar-refractivity contribution in [3.63, 3.8) is 0 Å². The predicted molar refractivity (Wildman–Crippen MR) is 86.7 cm³/mol. The Bertz CT molecular complexity index is 833. The van der Waals surface area contributed by atoms with Gasteiger partial charge in [-0.2, -0.15) is 0 Å². The first kappa shape index (κ1) is 13.5. The highest BCUT2D eigenvalue weighted by atomic mass is 32.1. The van der Waals surface area contributed by atoms with Crippen LogP contribution in [0.15, 0.2) is 48.7 Å². The van der Waals surface area contributed by atoms with Crippen molar-refractivity contribution in [1.29, 1.82) is 0 Å². The largest absolute Gasteiger partial charge is 0.436 e. The fourth-order valence-electron chi connectivity index (χ4n) is 2.03. The summed E-state index contributed by atoms with van der Waals surface area (Å²) >= 11 is 5.10. The van der Waals surface area contributed by atoms with Crippen molar-refractivity contribution in [1.82, 2.24) is 9.97 Å². The highest BCUT2D eigenvalue weighted by Gasteiger charge is 2.12. The minimum Gasteiger partial charge on any atom is -0.436 e. The fraction of sp³-hybridized carbons (Fsp3) is 0.0625. The zero-order chi connectivity index (χ0) is 14.8. The maximum absolute atomic E-state index is 5.87. The normalized spacial score (nSPS) is 10.5. The highest BCUT2D eigenvalue weighted by Crippen LogP contribution is 2.28. The van der Waals surface area contributed by atoms with Crippen molar-refractivity contribution in [3.8, 4) is 11.6 Å². The fourth-order valence-corrected chi connectivity index (χ4v) is 2.18. The predicted octanol–water partition coefficient (Wildman–Crippen LogP) is 3.36. The van der Waals surface area contributed by atoms with Crippen LogP contribution >= 0.6 is 12.2 Å². The first-order valence-electron chi connectivity index (χ1n) is 6.44. The Labute approximate surface area is 127 Å². The van der Waals surface area contributed by atoms with Gasteiger partial charge in [0.2, 0.25) is 5.88 Å². The third-order valence-corrected chi connectivity index (χ3v) is 3.34. The molecule has 2 heterocycles. The van der Waals surface area contributed by atoms with E-state index in [0.717, 1.165) is 16.6 Å². The van der Waals surface area contributed by atoms with Gasteiger partial charge in [-0.25, -0.2) is 4.98 Å². The number of pyridine rings is 2. The van der Waals surface area contributed by atoms with E-state index in [0.29, 0.717) is 17.2 Å². The van der Waals surface area contributed by atoms with Crippen molar-refractivity contribution in [2.75, 3.05) is 0 Å². The van der Waals surface area contributed by atoms with Gasteiger partial charge >= 0.3 is 0 Å². The number of fused-ring (bicyclic) bond motifs is 1. The number of para-hydroxylation sites is 1. The van der Waals surface area contributed by atoms with Crippen LogP contribution in [0.5, 0.6) is 11.6 Å². The summed E-state index contributed by atoms with van der Waals surface area (Å²) in [6, 6.07) is 13.3. The number of aromatic nitrogens is 2. The Morgan fingerprint density at radius 3 is 2.76 bits per heavy atom. The topological polar surface area (TPSA) is 61.0 Å². The summed E-state index contributed by atoms with van der Waals surface area (Å²) in [6.07, 6.45) is 1.71. The van der Waals surface area contributed by atoms with Crippen LogP contribution < -0.4 is 10.5 Å². The maximum atomic E-state index is 5.87. The third-order valence-electron chi connectivity index (χ3n) is 3.12. The molecule has 5 heteroatoms. The van der Waals surface area contributed by atoms with Gasteiger partial charge < -0.3 is 10.5 Å². The van der Waals surface area contributed by atoms with E-state index in [1.807, 2.05) is 49.4 Å². The number of thiocarbonyl (C=S) groups is 1. The Hall–Kier alpha value is -2.53. The zero-order valence-electron chi connectivity index (χ0n) is 11.4. The molecule has 0 bridgehead atoms. The number of hydrogen-bond donors (Lipinski definition) is 1. The van der Waals surface area contributed by atoms with Crippen LogP contribution in [0.1, 0.15) is 11.3 Å². The summed E-state index contributed by atoms with van der Waals surface area (Å²) in [7, 11) is 0. The molecule has 2 aromatic heterocycles. The molecule has 104 valence electrons. The third kappa shape index (κ3) is 2.68. The van der Waals surface area contributed by atoms with Gasteiger partial charge in [-0.05, 0) is 31.2 Å². The molecule has 0 radical (unpaired) electrons. The lowest BCUT2D eigenvalue weighted by Crippen LogP contribution is -2.12. The second-order valence-electron chi connectivity index (χ2n) is 4.59. The number of benzene rings is 1. The van der Waals surface area contributed by atoms with Crippen LogP contribution in [0.2, 0.25) is 0 Å². The van der Waals surface area contributed by atoms with E-state index >= 15 is 0 Å². The lowest BCUT2D eigenvalue weighted by molar-refractivity contribution is 0.458. The molecule has 3 aromatic rings. The lowest BCUT2D eigenvalue weighted by Gasteiger charge is -2.11.